The molecule has 0 saturated carbocycles. The van der Waals surface area contributed by atoms with E-state index in [2.05, 4.69) is 4.98 Å². The van der Waals surface area contributed by atoms with E-state index in [1.807, 2.05) is 0 Å². The summed E-state index contributed by atoms with van der Waals surface area (Å²) in [6, 6.07) is 3.34. The first-order valence-electron chi connectivity index (χ1n) is 5.49. The summed E-state index contributed by atoms with van der Waals surface area (Å²) < 4.78 is 37.1. The van der Waals surface area contributed by atoms with Crippen LogP contribution in [0.2, 0.25) is 0 Å². The highest BCUT2D eigenvalue weighted by Crippen LogP contribution is 2.18. The summed E-state index contributed by atoms with van der Waals surface area (Å²) in [4.78, 5) is 5.13. The highest BCUT2D eigenvalue weighted by atomic mass is 19.4. The Labute approximate surface area is 103 Å². The van der Waals surface area contributed by atoms with Gasteiger partial charge in [-0.3, -0.25) is 9.88 Å². The molecule has 1 aromatic rings. The Bertz CT molecular complexity index is 371. The number of hydrogen-bond acceptors (Lipinski definition) is 4. The van der Waals surface area contributed by atoms with Crippen LogP contribution in [-0.2, 0) is 13.1 Å². The van der Waals surface area contributed by atoms with Crippen LogP contribution in [0.25, 0.3) is 0 Å². The first-order chi connectivity index (χ1) is 8.46. The van der Waals surface area contributed by atoms with Gasteiger partial charge in [-0.1, -0.05) is 6.07 Å². The van der Waals surface area contributed by atoms with E-state index in [9.17, 15) is 13.2 Å². The van der Waals surface area contributed by atoms with Crippen molar-refractivity contribution >= 4 is 0 Å². The molecule has 0 aliphatic carbocycles. The summed E-state index contributed by atoms with van der Waals surface area (Å²) in [6.45, 7) is -1.19. The summed E-state index contributed by atoms with van der Waals surface area (Å²) in [7, 11) is 0. The molecule has 4 nitrogen and oxygen atoms in total. The minimum Gasteiger partial charge on any atom is -0.395 e. The van der Waals surface area contributed by atoms with Crippen molar-refractivity contribution in [2.24, 2.45) is 5.73 Å². The van der Waals surface area contributed by atoms with Crippen molar-refractivity contribution < 1.29 is 18.3 Å². The number of hydrogen-bond donors (Lipinski definition) is 2. The maximum absolute atomic E-state index is 12.4. The first-order valence-corrected chi connectivity index (χ1v) is 5.49. The van der Waals surface area contributed by atoms with Gasteiger partial charge < -0.3 is 10.8 Å². The summed E-state index contributed by atoms with van der Waals surface area (Å²) in [5.41, 5.74) is 6.70. The third-order valence-corrected chi connectivity index (χ3v) is 2.39. The van der Waals surface area contributed by atoms with E-state index in [0.717, 1.165) is 4.90 Å². The van der Waals surface area contributed by atoms with Gasteiger partial charge in [-0.15, -0.1) is 0 Å². The molecule has 0 saturated heterocycles. The van der Waals surface area contributed by atoms with E-state index in [-0.39, 0.29) is 26.2 Å². The maximum Gasteiger partial charge on any atom is 0.401 e. The molecule has 0 unspecified atom stereocenters. The van der Waals surface area contributed by atoms with E-state index < -0.39 is 12.7 Å². The van der Waals surface area contributed by atoms with Gasteiger partial charge in [-0.2, -0.15) is 13.2 Å². The summed E-state index contributed by atoms with van der Waals surface area (Å²) in [5, 5.41) is 8.79. The zero-order chi connectivity index (χ0) is 13.6. The van der Waals surface area contributed by atoms with Crippen LogP contribution in [0.3, 0.4) is 0 Å². The van der Waals surface area contributed by atoms with Crippen LogP contribution in [0.15, 0.2) is 18.3 Å². The molecule has 0 aromatic carbocycles. The minimum atomic E-state index is -4.29. The van der Waals surface area contributed by atoms with Crippen molar-refractivity contribution in [1.82, 2.24) is 9.88 Å². The van der Waals surface area contributed by atoms with Crippen molar-refractivity contribution in [2.45, 2.75) is 19.3 Å². The number of rotatable bonds is 6. The number of alkyl halides is 3. The number of nitrogens with two attached hydrogens (primary N) is 1. The fourth-order valence-corrected chi connectivity index (χ4v) is 1.65. The fourth-order valence-electron chi connectivity index (χ4n) is 1.65. The second-order valence-electron chi connectivity index (χ2n) is 3.86. The van der Waals surface area contributed by atoms with E-state index in [0.29, 0.717) is 11.3 Å². The van der Waals surface area contributed by atoms with Crippen LogP contribution >= 0.6 is 0 Å². The monoisotopic (exact) mass is 263 g/mol. The molecule has 0 aliphatic heterocycles. The van der Waals surface area contributed by atoms with E-state index in [1.165, 1.54) is 0 Å². The zero-order valence-corrected chi connectivity index (χ0v) is 9.82. The average molecular weight is 263 g/mol. The molecule has 0 spiro atoms. The molecule has 102 valence electrons. The normalized spacial score (nSPS) is 12.1. The fraction of sp³-hybridized carbons (Fsp3) is 0.545. The Hall–Kier alpha value is -1.18. The Kier molecular flexibility index (Phi) is 5.52. The molecular formula is C11H16F3N3O. The molecule has 0 atom stereocenters. The predicted octanol–water partition coefficient (Wildman–Crippen LogP) is 0.897. The second-order valence-corrected chi connectivity index (χ2v) is 3.86. The number of aliphatic hydroxyl groups is 1. The quantitative estimate of drug-likeness (QED) is 0.800. The summed E-state index contributed by atoms with van der Waals surface area (Å²) in [6.07, 6.45) is -2.74. The Morgan fingerprint density at radius 1 is 1.39 bits per heavy atom. The molecule has 0 fully saturated rings. The minimum absolute atomic E-state index is 0.0432. The lowest BCUT2D eigenvalue weighted by Crippen LogP contribution is -2.36. The molecular weight excluding hydrogens is 247 g/mol. The molecule has 3 N–H and O–H groups in total. The Morgan fingerprint density at radius 2 is 2.11 bits per heavy atom. The van der Waals surface area contributed by atoms with Gasteiger partial charge in [0.2, 0.25) is 0 Å². The molecule has 1 heterocycles. The van der Waals surface area contributed by atoms with Gasteiger partial charge in [0.25, 0.3) is 0 Å². The van der Waals surface area contributed by atoms with E-state index >= 15 is 0 Å². The van der Waals surface area contributed by atoms with Crippen LogP contribution in [0, 0.1) is 0 Å². The molecule has 0 bridgehead atoms. The third-order valence-electron chi connectivity index (χ3n) is 2.39. The number of aliphatic hydroxyl groups excluding tert-OH is 1. The molecule has 0 amide bonds. The van der Waals surface area contributed by atoms with Crippen LogP contribution < -0.4 is 5.73 Å². The van der Waals surface area contributed by atoms with Crippen molar-refractivity contribution in [3.63, 3.8) is 0 Å². The molecule has 1 aromatic heterocycles. The lowest BCUT2D eigenvalue weighted by atomic mass is 10.1. The first kappa shape index (κ1) is 14.9. The molecule has 1 rings (SSSR count). The molecule has 0 radical (unpaired) electrons. The largest absolute Gasteiger partial charge is 0.401 e. The molecule has 18 heavy (non-hydrogen) atoms. The third kappa shape index (κ3) is 4.99. The van der Waals surface area contributed by atoms with Crippen LogP contribution in [0.1, 0.15) is 11.3 Å². The molecule has 0 aliphatic rings. The van der Waals surface area contributed by atoms with Gasteiger partial charge in [0.05, 0.1) is 18.8 Å². The van der Waals surface area contributed by atoms with E-state index in [1.54, 1.807) is 18.3 Å². The van der Waals surface area contributed by atoms with E-state index in [4.69, 9.17) is 10.8 Å². The second kappa shape index (κ2) is 6.67. The highest BCUT2D eigenvalue weighted by molar-refractivity contribution is 5.19. The SMILES string of the molecule is NCc1ncccc1CN(CCO)CC(F)(F)F. The standard InChI is InChI=1S/C11H16F3N3O/c12-11(13,14)8-17(4-5-18)7-9-2-1-3-16-10(9)6-15/h1-3,18H,4-8,15H2. The van der Waals surface area contributed by atoms with Gasteiger partial charge >= 0.3 is 6.18 Å². The maximum atomic E-state index is 12.4. The zero-order valence-electron chi connectivity index (χ0n) is 9.82. The Morgan fingerprint density at radius 3 is 2.67 bits per heavy atom. The van der Waals surface area contributed by atoms with Gasteiger partial charge in [-0.25, -0.2) is 0 Å². The highest BCUT2D eigenvalue weighted by Gasteiger charge is 2.30. The summed E-state index contributed by atoms with van der Waals surface area (Å²) >= 11 is 0. The number of halogens is 3. The average Bonchev–Trinajstić information content (AvgIpc) is 2.28. The Balaban J connectivity index is 2.76. The summed E-state index contributed by atoms with van der Waals surface area (Å²) in [5.74, 6) is 0. The smallest absolute Gasteiger partial charge is 0.395 e. The van der Waals surface area contributed by atoms with Gasteiger partial charge in [0, 0.05) is 25.8 Å². The number of aromatic nitrogens is 1. The predicted molar refractivity (Wildman–Crippen MR) is 60.5 cm³/mol. The van der Waals surface area contributed by atoms with Crippen LogP contribution in [0.5, 0.6) is 0 Å². The van der Waals surface area contributed by atoms with Crippen molar-refractivity contribution in [1.29, 1.82) is 0 Å². The number of pyridine rings is 1. The van der Waals surface area contributed by atoms with Crippen LogP contribution in [0.4, 0.5) is 13.2 Å². The lowest BCUT2D eigenvalue weighted by Gasteiger charge is -2.23. The van der Waals surface area contributed by atoms with Crippen molar-refractivity contribution in [3.05, 3.63) is 29.6 Å². The van der Waals surface area contributed by atoms with Gasteiger partial charge in [-0.05, 0) is 11.6 Å². The van der Waals surface area contributed by atoms with Gasteiger partial charge in [0.1, 0.15) is 0 Å². The topological polar surface area (TPSA) is 62.4 Å². The van der Waals surface area contributed by atoms with Crippen molar-refractivity contribution in [2.75, 3.05) is 19.7 Å². The van der Waals surface area contributed by atoms with Gasteiger partial charge in [0.15, 0.2) is 0 Å². The van der Waals surface area contributed by atoms with Crippen molar-refractivity contribution in [3.8, 4) is 0 Å². The number of nitrogens with zero attached hydrogens (tertiary/aromatic N) is 2. The lowest BCUT2D eigenvalue weighted by molar-refractivity contribution is -0.148. The molecule has 7 heteroatoms. The van der Waals surface area contributed by atoms with Crippen LogP contribution in [-0.4, -0.2) is 40.9 Å².